The number of hydrogen-bond donors (Lipinski definition) is 1. The Balaban J connectivity index is 1.43. The molecule has 1 aromatic carbocycles. The lowest BCUT2D eigenvalue weighted by Gasteiger charge is -2.32. The maximum absolute atomic E-state index is 13.8. The minimum Gasteiger partial charge on any atom is -0.493 e. The Morgan fingerprint density at radius 2 is 1.83 bits per heavy atom. The van der Waals surface area contributed by atoms with E-state index in [1.807, 2.05) is 29.3 Å². The number of piperidine rings is 1. The number of rotatable bonds is 9. The van der Waals surface area contributed by atoms with Crippen molar-refractivity contribution in [2.45, 2.75) is 45.0 Å². The average molecular weight is 519 g/mol. The van der Waals surface area contributed by atoms with E-state index >= 15 is 0 Å². The van der Waals surface area contributed by atoms with Crippen molar-refractivity contribution in [3.05, 3.63) is 23.2 Å². The van der Waals surface area contributed by atoms with Gasteiger partial charge in [0.1, 0.15) is 5.82 Å². The molecular formula is C25H32F2N6O2S. The molecule has 2 fully saturated rings. The third kappa shape index (κ3) is 5.78. The van der Waals surface area contributed by atoms with E-state index in [0.29, 0.717) is 40.5 Å². The highest BCUT2D eigenvalue weighted by molar-refractivity contribution is 7.13. The number of aryl methyl sites for hydroxylation is 1. The van der Waals surface area contributed by atoms with E-state index in [2.05, 4.69) is 15.2 Å². The molecule has 0 amide bonds. The first-order valence-corrected chi connectivity index (χ1v) is 13.3. The number of alkyl halides is 2. The van der Waals surface area contributed by atoms with Gasteiger partial charge in [-0.05, 0) is 45.3 Å². The number of methoxy groups -OCH3 is 1. The molecule has 2 saturated heterocycles. The zero-order valence-electron chi connectivity index (χ0n) is 20.7. The van der Waals surface area contributed by atoms with Gasteiger partial charge >= 0.3 is 0 Å². The first-order valence-electron chi connectivity index (χ1n) is 12.5. The van der Waals surface area contributed by atoms with Crippen LogP contribution < -0.4 is 19.7 Å². The average Bonchev–Trinajstić information content (AvgIpc) is 3.53. The van der Waals surface area contributed by atoms with Crippen molar-refractivity contribution >= 4 is 39.1 Å². The molecule has 0 atom stereocenters. The molecule has 2 aromatic heterocycles. The number of halogens is 2. The molecule has 0 aliphatic carbocycles. The summed E-state index contributed by atoms with van der Waals surface area (Å²) in [6.07, 6.45) is 3.04. The fourth-order valence-corrected chi connectivity index (χ4v) is 5.34. The number of benzene rings is 1. The summed E-state index contributed by atoms with van der Waals surface area (Å²) < 4.78 is 39.3. The highest BCUT2D eigenvalue weighted by Gasteiger charge is 2.35. The fourth-order valence-electron chi connectivity index (χ4n) is 4.66. The normalized spacial score (nSPS) is 18.1. The number of ether oxygens (including phenoxy) is 2. The molecule has 1 N–H and O–H groups in total. The molecule has 5 rings (SSSR count). The minimum atomic E-state index is -2.64. The van der Waals surface area contributed by atoms with Crippen molar-refractivity contribution in [3.63, 3.8) is 0 Å². The third-order valence-electron chi connectivity index (χ3n) is 6.67. The van der Waals surface area contributed by atoms with Crippen LogP contribution in [0.3, 0.4) is 0 Å². The van der Waals surface area contributed by atoms with Crippen LogP contribution in [0.2, 0.25) is 0 Å². The summed E-state index contributed by atoms with van der Waals surface area (Å²) in [6, 6.07) is 3.72. The molecule has 0 radical (unpaired) electrons. The number of anilines is 3. The Morgan fingerprint density at radius 3 is 2.53 bits per heavy atom. The SMILES string of the molecule is COc1cc2c(Nc3nc(C)cs3)nc(N3CCC(F)(F)CC3)nc2cc1OCCCN1CCCC1. The summed E-state index contributed by atoms with van der Waals surface area (Å²) in [5, 5.41) is 6.69. The van der Waals surface area contributed by atoms with Crippen molar-refractivity contribution in [1.82, 2.24) is 19.9 Å². The number of nitrogens with one attached hydrogen (secondary N) is 1. The maximum atomic E-state index is 13.8. The lowest BCUT2D eigenvalue weighted by atomic mass is 10.1. The fraction of sp³-hybridized carbons (Fsp3) is 0.560. The maximum Gasteiger partial charge on any atom is 0.251 e. The molecule has 2 aliphatic heterocycles. The van der Waals surface area contributed by atoms with Gasteiger partial charge in [-0.15, -0.1) is 11.3 Å². The van der Waals surface area contributed by atoms with Crippen LogP contribution in [0.5, 0.6) is 11.5 Å². The second-order valence-electron chi connectivity index (χ2n) is 9.41. The quantitative estimate of drug-likeness (QED) is 0.385. The Morgan fingerprint density at radius 1 is 1.06 bits per heavy atom. The van der Waals surface area contributed by atoms with Crippen LogP contribution in [-0.4, -0.2) is 72.2 Å². The van der Waals surface area contributed by atoms with Crippen LogP contribution in [0, 0.1) is 6.92 Å². The number of fused-ring (bicyclic) bond motifs is 1. The van der Waals surface area contributed by atoms with Crippen LogP contribution >= 0.6 is 11.3 Å². The predicted molar refractivity (Wildman–Crippen MR) is 138 cm³/mol. The van der Waals surface area contributed by atoms with Gasteiger partial charge in [0.15, 0.2) is 16.6 Å². The standard InChI is InChI=1S/C25H32F2N6O2S/c1-17-16-36-24(28-17)31-22-18-14-20(34-2)21(35-13-5-10-32-8-3-4-9-32)15-19(18)29-23(30-22)33-11-6-25(26,27)7-12-33/h14-16H,3-13H2,1-2H3,(H,28,29,30,31). The Kier molecular flexibility index (Phi) is 7.38. The van der Waals surface area contributed by atoms with Gasteiger partial charge in [0.25, 0.3) is 5.92 Å². The van der Waals surface area contributed by atoms with Crippen molar-refractivity contribution in [3.8, 4) is 11.5 Å². The third-order valence-corrected chi connectivity index (χ3v) is 7.54. The number of hydrogen-bond acceptors (Lipinski definition) is 9. The minimum absolute atomic E-state index is 0.199. The largest absolute Gasteiger partial charge is 0.493 e. The van der Waals surface area contributed by atoms with Crippen LogP contribution in [-0.2, 0) is 0 Å². The van der Waals surface area contributed by atoms with Gasteiger partial charge in [0.2, 0.25) is 5.95 Å². The van der Waals surface area contributed by atoms with Crippen LogP contribution in [0.25, 0.3) is 10.9 Å². The van der Waals surface area contributed by atoms with Crippen molar-refractivity contribution in [2.75, 3.05) is 56.7 Å². The molecule has 0 saturated carbocycles. The van der Waals surface area contributed by atoms with Crippen LogP contribution in [0.4, 0.5) is 25.7 Å². The van der Waals surface area contributed by atoms with E-state index < -0.39 is 5.92 Å². The summed E-state index contributed by atoms with van der Waals surface area (Å²) >= 11 is 1.48. The lowest BCUT2D eigenvalue weighted by molar-refractivity contribution is -0.0222. The first-order chi connectivity index (χ1) is 17.4. The molecule has 3 aromatic rings. The van der Waals surface area contributed by atoms with Crippen LogP contribution in [0.1, 0.15) is 37.8 Å². The summed E-state index contributed by atoms with van der Waals surface area (Å²) in [4.78, 5) is 18.2. The second kappa shape index (κ2) is 10.7. The molecule has 36 heavy (non-hydrogen) atoms. The zero-order valence-corrected chi connectivity index (χ0v) is 21.5. The summed E-state index contributed by atoms with van der Waals surface area (Å²) in [5.41, 5.74) is 1.56. The van der Waals surface area contributed by atoms with E-state index in [1.165, 1.54) is 24.2 Å². The predicted octanol–water partition coefficient (Wildman–Crippen LogP) is 5.25. The molecule has 0 bridgehead atoms. The summed E-state index contributed by atoms with van der Waals surface area (Å²) in [7, 11) is 1.61. The molecule has 194 valence electrons. The molecule has 0 spiro atoms. The topological polar surface area (TPSA) is 75.6 Å². The zero-order chi connectivity index (χ0) is 25.1. The molecule has 0 unspecified atom stereocenters. The molecule has 4 heterocycles. The summed E-state index contributed by atoms with van der Waals surface area (Å²) in [6.45, 7) is 6.24. The highest BCUT2D eigenvalue weighted by Crippen LogP contribution is 2.37. The van der Waals surface area contributed by atoms with E-state index in [0.717, 1.165) is 37.1 Å². The van der Waals surface area contributed by atoms with Crippen molar-refractivity contribution in [1.29, 1.82) is 0 Å². The lowest BCUT2D eigenvalue weighted by Crippen LogP contribution is -2.40. The highest BCUT2D eigenvalue weighted by atomic mass is 32.1. The monoisotopic (exact) mass is 518 g/mol. The van der Waals surface area contributed by atoms with Gasteiger partial charge in [-0.25, -0.2) is 18.7 Å². The van der Waals surface area contributed by atoms with Crippen LogP contribution in [0.15, 0.2) is 17.5 Å². The number of nitrogens with zero attached hydrogens (tertiary/aromatic N) is 5. The first kappa shape index (κ1) is 24.9. The summed E-state index contributed by atoms with van der Waals surface area (Å²) in [5.74, 6) is -0.469. The van der Waals surface area contributed by atoms with Gasteiger partial charge < -0.3 is 24.6 Å². The van der Waals surface area contributed by atoms with Gasteiger partial charge in [0, 0.05) is 49.3 Å². The van der Waals surface area contributed by atoms with E-state index in [-0.39, 0.29) is 25.9 Å². The Labute approximate surface area is 213 Å². The van der Waals surface area contributed by atoms with E-state index in [4.69, 9.17) is 19.4 Å². The Bertz CT molecular complexity index is 1190. The van der Waals surface area contributed by atoms with E-state index in [1.54, 1.807) is 7.11 Å². The smallest absolute Gasteiger partial charge is 0.251 e. The number of thiazole rings is 1. The molecule has 11 heteroatoms. The van der Waals surface area contributed by atoms with Gasteiger partial charge in [-0.1, -0.05) is 0 Å². The molecular weight excluding hydrogens is 486 g/mol. The van der Waals surface area contributed by atoms with Crippen molar-refractivity contribution in [2.24, 2.45) is 0 Å². The van der Waals surface area contributed by atoms with Gasteiger partial charge in [0.05, 0.1) is 24.9 Å². The molecule has 8 nitrogen and oxygen atoms in total. The van der Waals surface area contributed by atoms with Gasteiger partial charge in [-0.3, -0.25) is 0 Å². The van der Waals surface area contributed by atoms with Crippen molar-refractivity contribution < 1.29 is 18.3 Å². The number of aromatic nitrogens is 3. The number of likely N-dealkylation sites (tertiary alicyclic amines) is 1. The molecule has 2 aliphatic rings. The second-order valence-corrected chi connectivity index (χ2v) is 10.3. The van der Waals surface area contributed by atoms with Gasteiger partial charge in [-0.2, -0.15) is 4.98 Å². The van der Waals surface area contributed by atoms with E-state index in [9.17, 15) is 8.78 Å². The Hall–Kier alpha value is -2.79.